The van der Waals surface area contributed by atoms with E-state index in [1.807, 2.05) is 0 Å². The Morgan fingerprint density at radius 2 is 1.74 bits per heavy atom. The number of halogens is 5. The second-order valence-electron chi connectivity index (χ2n) is 5.23. The van der Waals surface area contributed by atoms with Crippen LogP contribution in [0, 0.1) is 11.6 Å². The van der Waals surface area contributed by atoms with Gasteiger partial charge >= 0.3 is 12.1 Å². The van der Waals surface area contributed by atoms with Crippen LogP contribution in [-0.4, -0.2) is 31.8 Å². The number of nitrogens with zero attached hydrogens (tertiary/aromatic N) is 4. The molecule has 0 spiro atoms. The third-order valence-corrected chi connectivity index (χ3v) is 3.41. The highest BCUT2D eigenvalue weighted by Gasteiger charge is 2.38. The molecule has 1 unspecified atom stereocenters. The number of aliphatic hydroxyl groups is 1. The number of aromatic nitrogens is 4. The fourth-order valence-corrected chi connectivity index (χ4v) is 2.18. The van der Waals surface area contributed by atoms with Gasteiger partial charge in [0.25, 0.3) is 0 Å². The van der Waals surface area contributed by atoms with Crippen molar-refractivity contribution in [3.8, 4) is 11.4 Å². The number of alkyl halides is 3. The lowest BCUT2D eigenvalue weighted by Gasteiger charge is -2.17. The second kappa shape index (κ2) is 7.23. The average molecular weight is 387 g/mol. The highest BCUT2D eigenvalue weighted by molar-refractivity contribution is 5.52. The van der Waals surface area contributed by atoms with Crippen molar-refractivity contribution in [1.29, 1.82) is 0 Å². The number of hydrogen-bond donors (Lipinski definition) is 2. The molecular weight excluding hydrogens is 377 g/mol. The first-order valence-electron chi connectivity index (χ1n) is 7.34. The first-order chi connectivity index (χ1) is 12.8. The molecule has 2 N–H and O–H groups in total. The summed E-state index contributed by atoms with van der Waals surface area (Å²) in [7, 11) is 0. The lowest BCUT2D eigenvalue weighted by atomic mass is 10.1. The standard InChI is InChI=1S/C15H10F5N5O2/c16-8-2-1-3-9(17)11(8)10(6-26)23-14-21-4-7(5-22-14)12-24-13(27-25-12)15(18,19)20/h1-5,10,26H,6H2,(H,21,22,23). The summed E-state index contributed by atoms with van der Waals surface area (Å²) in [5.41, 5.74) is -0.377. The van der Waals surface area contributed by atoms with Crippen molar-refractivity contribution in [3.63, 3.8) is 0 Å². The Hall–Kier alpha value is -3.15. The first kappa shape index (κ1) is 18.6. The number of hydrogen-bond acceptors (Lipinski definition) is 7. The van der Waals surface area contributed by atoms with Gasteiger partial charge in [0.1, 0.15) is 11.6 Å². The van der Waals surface area contributed by atoms with Crippen LogP contribution in [0.25, 0.3) is 11.4 Å². The van der Waals surface area contributed by atoms with Crippen LogP contribution in [0.1, 0.15) is 17.5 Å². The monoisotopic (exact) mass is 387 g/mol. The maximum atomic E-state index is 13.8. The van der Waals surface area contributed by atoms with E-state index in [0.717, 1.165) is 24.5 Å². The second-order valence-corrected chi connectivity index (χ2v) is 5.23. The molecule has 0 amide bonds. The van der Waals surface area contributed by atoms with Crippen molar-refractivity contribution in [3.05, 3.63) is 53.7 Å². The van der Waals surface area contributed by atoms with Crippen LogP contribution < -0.4 is 5.32 Å². The summed E-state index contributed by atoms with van der Waals surface area (Å²) in [6.45, 7) is -0.664. The van der Waals surface area contributed by atoms with E-state index in [1.165, 1.54) is 6.07 Å². The highest BCUT2D eigenvalue weighted by Crippen LogP contribution is 2.29. The molecule has 3 rings (SSSR count). The molecule has 0 aliphatic carbocycles. The molecule has 0 saturated carbocycles. The average Bonchev–Trinajstić information content (AvgIpc) is 3.11. The summed E-state index contributed by atoms with van der Waals surface area (Å²) in [6, 6.07) is 2.05. The molecule has 1 atom stereocenters. The summed E-state index contributed by atoms with van der Waals surface area (Å²) in [5, 5.41) is 15.1. The minimum Gasteiger partial charge on any atom is -0.394 e. The summed E-state index contributed by atoms with van der Waals surface area (Å²) in [4.78, 5) is 10.8. The third-order valence-electron chi connectivity index (χ3n) is 3.41. The molecule has 2 aromatic heterocycles. The maximum Gasteiger partial charge on any atom is 0.471 e. The fraction of sp³-hybridized carbons (Fsp3) is 0.200. The van der Waals surface area contributed by atoms with Crippen molar-refractivity contribution >= 4 is 5.95 Å². The van der Waals surface area contributed by atoms with Gasteiger partial charge < -0.3 is 14.9 Å². The normalized spacial score (nSPS) is 12.8. The van der Waals surface area contributed by atoms with E-state index < -0.39 is 41.9 Å². The molecule has 27 heavy (non-hydrogen) atoms. The molecule has 0 radical (unpaired) electrons. The summed E-state index contributed by atoms with van der Waals surface area (Å²) < 4.78 is 69.2. The largest absolute Gasteiger partial charge is 0.471 e. The number of benzene rings is 1. The van der Waals surface area contributed by atoms with E-state index >= 15 is 0 Å². The van der Waals surface area contributed by atoms with E-state index in [9.17, 15) is 27.1 Å². The van der Waals surface area contributed by atoms with Gasteiger partial charge in [0.05, 0.1) is 18.2 Å². The zero-order valence-corrected chi connectivity index (χ0v) is 13.2. The first-order valence-corrected chi connectivity index (χ1v) is 7.34. The zero-order chi connectivity index (χ0) is 19.6. The molecule has 0 bridgehead atoms. The molecule has 0 fully saturated rings. The Labute approximate surface area is 147 Å². The van der Waals surface area contributed by atoms with Gasteiger partial charge in [-0.25, -0.2) is 18.7 Å². The van der Waals surface area contributed by atoms with Gasteiger partial charge in [-0.05, 0) is 12.1 Å². The van der Waals surface area contributed by atoms with Gasteiger partial charge in [-0.15, -0.1) is 0 Å². The molecule has 0 aliphatic rings. The molecule has 0 aliphatic heterocycles. The van der Waals surface area contributed by atoms with Crippen molar-refractivity contribution in [2.45, 2.75) is 12.2 Å². The van der Waals surface area contributed by atoms with E-state index in [2.05, 4.69) is 29.9 Å². The summed E-state index contributed by atoms with van der Waals surface area (Å²) in [6.07, 6.45) is -2.61. The predicted octanol–water partition coefficient (Wildman–Crippen LogP) is 2.97. The SMILES string of the molecule is OCC(Nc1ncc(-c2noc(C(F)(F)F)n2)cn1)c1c(F)cccc1F. The van der Waals surface area contributed by atoms with Crippen molar-refractivity contribution in [2.24, 2.45) is 0 Å². The molecular formula is C15H10F5N5O2. The van der Waals surface area contributed by atoms with Gasteiger partial charge in [0, 0.05) is 18.0 Å². The van der Waals surface area contributed by atoms with Gasteiger partial charge in [-0.3, -0.25) is 0 Å². The number of rotatable bonds is 5. The van der Waals surface area contributed by atoms with Gasteiger partial charge in [0.15, 0.2) is 0 Å². The topological polar surface area (TPSA) is 97.0 Å². The van der Waals surface area contributed by atoms with Crippen molar-refractivity contribution in [2.75, 3.05) is 11.9 Å². The quantitative estimate of drug-likeness (QED) is 0.650. The van der Waals surface area contributed by atoms with Gasteiger partial charge in [-0.1, -0.05) is 11.2 Å². The van der Waals surface area contributed by atoms with E-state index in [4.69, 9.17) is 0 Å². The maximum absolute atomic E-state index is 13.8. The fourth-order valence-electron chi connectivity index (χ4n) is 2.18. The third kappa shape index (κ3) is 4.00. The number of nitrogens with one attached hydrogen (secondary N) is 1. The number of anilines is 1. The van der Waals surface area contributed by atoms with E-state index in [-0.39, 0.29) is 17.3 Å². The number of aliphatic hydroxyl groups excluding tert-OH is 1. The molecule has 3 aromatic rings. The van der Waals surface area contributed by atoms with E-state index in [0.29, 0.717) is 0 Å². The van der Waals surface area contributed by atoms with Gasteiger partial charge in [-0.2, -0.15) is 18.2 Å². The van der Waals surface area contributed by atoms with Crippen LogP contribution >= 0.6 is 0 Å². The van der Waals surface area contributed by atoms with Crippen LogP contribution in [-0.2, 0) is 6.18 Å². The van der Waals surface area contributed by atoms with Gasteiger partial charge in [0.2, 0.25) is 11.8 Å². The zero-order valence-electron chi connectivity index (χ0n) is 13.2. The molecule has 142 valence electrons. The molecule has 2 heterocycles. The predicted molar refractivity (Wildman–Crippen MR) is 80.1 cm³/mol. The molecule has 12 heteroatoms. The van der Waals surface area contributed by atoms with Crippen molar-refractivity contribution in [1.82, 2.24) is 20.1 Å². The summed E-state index contributed by atoms with van der Waals surface area (Å²) in [5.74, 6) is -3.77. The van der Waals surface area contributed by atoms with Crippen LogP contribution in [0.5, 0.6) is 0 Å². The van der Waals surface area contributed by atoms with E-state index in [1.54, 1.807) is 0 Å². The highest BCUT2D eigenvalue weighted by atomic mass is 19.4. The minimum atomic E-state index is -4.79. The van der Waals surface area contributed by atoms with Crippen LogP contribution in [0.15, 0.2) is 35.1 Å². The molecule has 7 nitrogen and oxygen atoms in total. The molecule has 0 saturated heterocycles. The summed E-state index contributed by atoms with van der Waals surface area (Å²) >= 11 is 0. The molecule has 1 aromatic carbocycles. The Morgan fingerprint density at radius 1 is 1.11 bits per heavy atom. The van der Waals surface area contributed by atoms with Crippen LogP contribution in [0.4, 0.5) is 27.9 Å². The van der Waals surface area contributed by atoms with Crippen LogP contribution in [0.2, 0.25) is 0 Å². The Balaban J connectivity index is 1.80. The Kier molecular flexibility index (Phi) is 4.99. The lowest BCUT2D eigenvalue weighted by Crippen LogP contribution is -2.19. The minimum absolute atomic E-state index is 0.0254. The Morgan fingerprint density at radius 3 is 2.26 bits per heavy atom. The Bertz CT molecular complexity index is 909. The van der Waals surface area contributed by atoms with Crippen molar-refractivity contribution < 1.29 is 31.6 Å². The van der Waals surface area contributed by atoms with Crippen LogP contribution in [0.3, 0.4) is 0 Å². The smallest absolute Gasteiger partial charge is 0.394 e. The lowest BCUT2D eigenvalue weighted by molar-refractivity contribution is -0.159.